The number of carbonyl (C=O) groups excluding carboxylic acids is 2. The number of benzene rings is 1. The highest BCUT2D eigenvalue weighted by Gasteiger charge is 2.30. The molecule has 3 heterocycles. The smallest absolute Gasteiger partial charge is 0.341 e. The normalized spacial score (nSPS) is 15.9. The third-order valence-electron chi connectivity index (χ3n) is 5.72. The molecule has 1 aromatic carbocycles. The van der Waals surface area contributed by atoms with Gasteiger partial charge < -0.3 is 9.14 Å². The van der Waals surface area contributed by atoms with Crippen LogP contribution in [0, 0.1) is 0 Å². The number of hydrogen-bond donors (Lipinski definition) is 0. The van der Waals surface area contributed by atoms with Crippen LogP contribution in [0.25, 0.3) is 16.4 Å². The lowest BCUT2D eigenvalue weighted by Crippen LogP contribution is -2.06. The third-order valence-corrected chi connectivity index (χ3v) is 8.59. The van der Waals surface area contributed by atoms with Gasteiger partial charge in [0.2, 0.25) is 5.78 Å². The molecule has 0 N–H and O–H groups in total. The van der Waals surface area contributed by atoms with Gasteiger partial charge in [-0.2, -0.15) is 0 Å². The summed E-state index contributed by atoms with van der Waals surface area (Å²) in [5.41, 5.74) is 2.65. The van der Waals surface area contributed by atoms with E-state index in [4.69, 9.17) is 16.3 Å². The first-order chi connectivity index (χ1) is 16.1. The number of fused-ring (bicyclic) bond motifs is 3. The zero-order chi connectivity index (χ0) is 22.9. The summed E-state index contributed by atoms with van der Waals surface area (Å²) in [7, 11) is 0. The van der Waals surface area contributed by atoms with Crippen LogP contribution in [0.1, 0.15) is 51.8 Å². The largest absolute Gasteiger partial charge is 0.462 e. The Morgan fingerprint density at radius 3 is 2.76 bits per heavy atom. The molecule has 1 atom stereocenters. The molecule has 0 aliphatic heterocycles. The monoisotopic (exact) mass is 495 g/mol. The molecule has 0 spiro atoms. The summed E-state index contributed by atoms with van der Waals surface area (Å²) in [6, 6.07) is 12.6. The fraction of sp³-hybridized carbons (Fsp3) is 0.231. The van der Waals surface area contributed by atoms with Crippen LogP contribution in [0.5, 0.6) is 0 Å². The first kappa shape index (κ1) is 22.3. The van der Waals surface area contributed by atoms with E-state index in [-0.39, 0.29) is 12.4 Å². The second-order valence-electron chi connectivity index (χ2n) is 7.84. The molecule has 3 aromatic heterocycles. The van der Waals surface area contributed by atoms with E-state index in [0.717, 1.165) is 34.5 Å². The van der Waals surface area contributed by atoms with Crippen molar-refractivity contribution >= 4 is 62.9 Å². The summed E-state index contributed by atoms with van der Waals surface area (Å²) in [6.45, 7) is 2.06. The van der Waals surface area contributed by atoms with Crippen molar-refractivity contribution in [1.82, 2.24) is 4.40 Å². The molecule has 0 bridgehead atoms. The highest BCUT2D eigenvalue weighted by atomic mass is 35.5. The Bertz CT molecular complexity index is 1380. The SMILES string of the molecule is CCOC(=O)c1c2c(C(=O)c3ccc(Cl)cc3)sc(SC3C=CCCC3)c2n2ccccc12. The second-order valence-corrected chi connectivity index (χ2v) is 10.8. The van der Waals surface area contributed by atoms with Gasteiger partial charge in [-0.15, -0.1) is 23.1 Å². The number of ketones is 1. The molecule has 0 amide bonds. The second kappa shape index (κ2) is 9.37. The minimum atomic E-state index is -0.409. The van der Waals surface area contributed by atoms with Crippen molar-refractivity contribution in [3.63, 3.8) is 0 Å². The Morgan fingerprint density at radius 2 is 2.03 bits per heavy atom. The summed E-state index contributed by atoms with van der Waals surface area (Å²) >= 11 is 9.27. The van der Waals surface area contributed by atoms with Crippen LogP contribution in [0.4, 0.5) is 0 Å². The van der Waals surface area contributed by atoms with E-state index in [1.807, 2.05) is 28.8 Å². The third kappa shape index (κ3) is 4.12. The number of thiophene rings is 1. The van der Waals surface area contributed by atoms with E-state index in [1.54, 1.807) is 43.0 Å². The van der Waals surface area contributed by atoms with Gasteiger partial charge in [-0.1, -0.05) is 29.8 Å². The van der Waals surface area contributed by atoms with Crippen LogP contribution in [-0.4, -0.2) is 28.0 Å². The van der Waals surface area contributed by atoms with Crippen molar-refractivity contribution < 1.29 is 14.3 Å². The number of carbonyl (C=O) groups is 2. The molecule has 1 aliphatic carbocycles. The molecule has 1 unspecified atom stereocenters. The summed E-state index contributed by atoms with van der Waals surface area (Å²) in [5, 5.41) is 1.59. The number of thioether (sulfide) groups is 1. The number of esters is 1. The Hall–Kier alpha value is -2.54. The van der Waals surface area contributed by atoms with Gasteiger partial charge in [-0.05, 0) is 62.6 Å². The lowest BCUT2D eigenvalue weighted by Gasteiger charge is -2.14. The molecule has 4 aromatic rings. The summed E-state index contributed by atoms with van der Waals surface area (Å²) < 4.78 is 8.48. The highest BCUT2D eigenvalue weighted by molar-refractivity contribution is 8.02. The molecule has 0 saturated heterocycles. The first-order valence-corrected chi connectivity index (χ1v) is 13.0. The van der Waals surface area contributed by atoms with Crippen LogP contribution in [0.15, 0.2) is 65.0 Å². The molecule has 0 fully saturated rings. The number of hydrogen-bond acceptors (Lipinski definition) is 5. The molecule has 1 aliphatic rings. The van der Waals surface area contributed by atoms with E-state index < -0.39 is 5.97 Å². The van der Waals surface area contributed by atoms with Gasteiger partial charge in [0, 0.05) is 27.4 Å². The van der Waals surface area contributed by atoms with E-state index in [0.29, 0.717) is 31.7 Å². The molecule has 33 heavy (non-hydrogen) atoms. The molecule has 0 radical (unpaired) electrons. The summed E-state index contributed by atoms with van der Waals surface area (Å²) in [6.07, 6.45) is 9.79. The van der Waals surface area contributed by atoms with Crippen LogP contribution < -0.4 is 0 Å². The van der Waals surface area contributed by atoms with Gasteiger partial charge in [0.15, 0.2) is 0 Å². The van der Waals surface area contributed by atoms with E-state index in [9.17, 15) is 9.59 Å². The van der Waals surface area contributed by atoms with Crippen molar-refractivity contribution in [3.05, 3.63) is 81.8 Å². The van der Waals surface area contributed by atoms with Gasteiger partial charge in [-0.25, -0.2) is 4.79 Å². The Labute approximate surface area is 205 Å². The molecule has 168 valence electrons. The Morgan fingerprint density at radius 1 is 1.21 bits per heavy atom. The van der Waals surface area contributed by atoms with Crippen LogP contribution >= 0.6 is 34.7 Å². The van der Waals surface area contributed by atoms with Crippen LogP contribution in [-0.2, 0) is 4.74 Å². The number of ether oxygens (including phenoxy) is 1. The predicted molar refractivity (Wildman–Crippen MR) is 136 cm³/mol. The number of halogens is 1. The van der Waals surface area contributed by atoms with Crippen LogP contribution in [0.3, 0.4) is 0 Å². The molecule has 7 heteroatoms. The zero-order valence-corrected chi connectivity index (χ0v) is 20.4. The van der Waals surface area contributed by atoms with Crippen molar-refractivity contribution in [2.24, 2.45) is 0 Å². The van der Waals surface area contributed by atoms with E-state index in [2.05, 4.69) is 12.2 Å². The maximum Gasteiger partial charge on any atom is 0.341 e. The summed E-state index contributed by atoms with van der Waals surface area (Å²) in [5.74, 6) is -0.526. The minimum Gasteiger partial charge on any atom is -0.462 e. The number of pyridine rings is 1. The van der Waals surface area contributed by atoms with Gasteiger partial charge >= 0.3 is 5.97 Å². The number of nitrogens with zero attached hydrogens (tertiary/aromatic N) is 1. The van der Waals surface area contributed by atoms with E-state index >= 15 is 0 Å². The zero-order valence-electron chi connectivity index (χ0n) is 18.0. The highest BCUT2D eigenvalue weighted by Crippen LogP contribution is 2.46. The topological polar surface area (TPSA) is 47.8 Å². The maximum atomic E-state index is 13.7. The summed E-state index contributed by atoms with van der Waals surface area (Å²) in [4.78, 5) is 27.3. The minimum absolute atomic E-state index is 0.117. The number of rotatable bonds is 6. The average molecular weight is 496 g/mol. The Balaban J connectivity index is 1.77. The van der Waals surface area contributed by atoms with Crippen LogP contribution in [0.2, 0.25) is 5.02 Å². The standard InChI is InChI=1S/C26H22ClNO3S2/c1-2-31-25(30)20-19-10-6-7-15-28(19)22-21(20)24(23(29)16-11-13-17(27)14-12-16)33-26(22)32-18-8-4-3-5-9-18/h4,6-8,10-15,18H,2-3,5,9H2,1H3. The molecule has 4 nitrogen and oxygen atoms in total. The van der Waals surface area contributed by atoms with Crippen molar-refractivity contribution in [2.45, 2.75) is 35.6 Å². The van der Waals surface area contributed by atoms with Crippen molar-refractivity contribution in [3.8, 4) is 0 Å². The van der Waals surface area contributed by atoms with Gasteiger partial charge in [-0.3, -0.25) is 4.79 Å². The lowest BCUT2D eigenvalue weighted by atomic mass is 10.1. The van der Waals surface area contributed by atoms with Gasteiger partial charge in [0.05, 0.1) is 32.3 Å². The lowest BCUT2D eigenvalue weighted by molar-refractivity contribution is 0.0531. The Kier molecular flexibility index (Phi) is 6.32. The average Bonchev–Trinajstić information content (AvgIpc) is 3.36. The molecule has 5 rings (SSSR count). The predicted octanol–water partition coefficient (Wildman–Crippen LogP) is 7.42. The van der Waals surface area contributed by atoms with Gasteiger partial charge in [0.25, 0.3) is 0 Å². The first-order valence-electron chi connectivity index (χ1n) is 10.9. The van der Waals surface area contributed by atoms with Crippen molar-refractivity contribution in [2.75, 3.05) is 6.61 Å². The fourth-order valence-corrected chi connectivity index (χ4v) is 7.22. The van der Waals surface area contributed by atoms with E-state index in [1.165, 1.54) is 11.3 Å². The maximum absolute atomic E-state index is 13.7. The van der Waals surface area contributed by atoms with Crippen molar-refractivity contribution in [1.29, 1.82) is 0 Å². The number of aromatic nitrogens is 1. The number of allylic oxidation sites excluding steroid dienone is 1. The fourth-order valence-electron chi connectivity index (χ4n) is 4.22. The van der Waals surface area contributed by atoms with Gasteiger partial charge in [0.1, 0.15) is 0 Å². The molecular formula is C26H22ClNO3S2. The molecule has 0 saturated carbocycles. The molecular weight excluding hydrogens is 474 g/mol. The quantitative estimate of drug-likeness (QED) is 0.159.